The Morgan fingerprint density at radius 3 is 2.79 bits per heavy atom. The summed E-state index contributed by atoms with van der Waals surface area (Å²) in [7, 11) is -1.88. The predicted molar refractivity (Wildman–Crippen MR) is 72.7 cm³/mol. The topological polar surface area (TPSA) is 84.9 Å². The fourth-order valence-corrected chi connectivity index (χ4v) is 3.50. The van der Waals surface area contributed by atoms with Gasteiger partial charge in [0, 0.05) is 30.5 Å². The summed E-state index contributed by atoms with van der Waals surface area (Å²) < 4.78 is 36.2. The molecule has 1 aromatic heterocycles. The van der Waals surface area contributed by atoms with Crippen molar-refractivity contribution in [1.29, 1.82) is 0 Å². The molecule has 0 aliphatic rings. The molecule has 0 unspecified atom stereocenters. The maximum absolute atomic E-state index is 11.8. The monoisotopic (exact) mass is 309 g/mol. The van der Waals surface area contributed by atoms with E-state index in [2.05, 4.69) is 4.72 Å². The summed E-state index contributed by atoms with van der Waals surface area (Å²) in [5, 5.41) is 10.4. The average Bonchev–Trinajstić information content (AvgIpc) is 2.87. The van der Waals surface area contributed by atoms with Crippen LogP contribution in [0.25, 0.3) is 0 Å². The molecule has 1 aromatic rings. The van der Waals surface area contributed by atoms with Crippen LogP contribution in [0.2, 0.25) is 0 Å². The van der Waals surface area contributed by atoms with Gasteiger partial charge in [-0.15, -0.1) is 11.3 Å². The van der Waals surface area contributed by atoms with E-state index in [1.807, 2.05) is 0 Å². The van der Waals surface area contributed by atoms with E-state index in [1.54, 1.807) is 7.11 Å². The van der Waals surface area contributed by atoms with Crippen LogP contribution in [0.5, 0.6) is 0 Å². The zero-order valence-electron chi connectivity index (χ0n) is 10.8. The highest BCUT2D eigenvalue weighted by Crippen LogP contribution is 2.18. The van der Waals surface area contributed by atoms with Gasteiger partial charge < -0.3 is 14.6 Å². The minimum Gasteiger partial charge on any atom is -0.391 e. The van der Waals surface area contributed by atoms with Crippen LogP contribution in [0.4, 0.5) is 0 Å². The number of aliphatic hydroxyl groups excluding tert-OH is 1. The number of thiophene rings is 1. The summed E-state index contributed by atoms with van der Waals surface area (Å²) in [6.07, 6.45) is 0.597. The second-order valence-electron chi connectivity index (χ2n) is 3.76. The number of hydrogen-bond donors (Lipinski definition) is 2. The third kappa shape index (κ3) is 5.98. The minimum absolute atomic E-state index is 0.145. The first-order chi connectivity index (χ1) is 9.10. The molecule has 0 radical (unpaired) electrons. The first-order valence-corrected chi connectivity index (χ1v) is 8.21. The van der Waals surface area contributed by atoms with Crippen LogP contribution in [-0.2, 0) is 26.1 Å². The number of nitrogens with one attached hydrogen (secondary N) is 1. The van der Waals surface area contributed by atoms with E-state index in [0.29, 0.717) is 37.7 Å². The van der Waals surface area contributed by atoms with Crippen molar-refractivity contribution in [3.05, 3.63) is 16.3 Å². The van der Waals surface area contributed by atoms with Gasteiger partial charge in [0.2, 0.25) is 10.0 Å². The van der Waals surface area contributed by atoms with Crippen LogP contribution in [0, 0.1) is 0 Å². The predicted octanol–water partition coefficient (Wildman–Crippen LogP) is 0.572. The van der Waals surface area contributed by atoms with Crippen molar-refractivity contribution in [3.63, 3.8) is 0 Å². The second kappa shape index (κ2) is 8.62. The second-order valence-corrected chi connectivity index (χ2v) is 6.53. The molecule has 0 spiro atoms. The van der Waals surface area contributed by atoms with Gasteiger partial charge in [0.15, 0.2) is 0 Å². The highest BCUT2D eigenvalue weighted by molar-refractivity contribution is 7.89. The summed E-state index contributed by atoms with van der Waals surface area (Å²) in [5.74, 6) is 0. The van der Waals surface area contributed by atoms with Crippen molar-refractivity contribution >= 4 is 21.4 Å². The van der Waals surface area contributed by atoms with Crippen molar-refractivity contribution in [2.24, 2.45) is 0 Å². The first kappa shape index (κ1) is 16.5. The van der Waals surface area contributed by atoms with Crippen LogP contribution >= 0.6 is 11.3 Å². The van der Waals surface area contributed by atoms with E-state index in [9.17, 15) is 8.42 Å². The summed E-state index contributed by atoms with van der Waals surface area (Å²) in [4.78, 5) is 0.824. The number of sulfonamides is 1. The molecule has 0 amide bonds. The molecule has 0 aromatic carbocycles. The Labute approximate surface area is 117 Å². The number of hydrogen-bond acceptors (Lipinski definition) is 6. The van der Waals surface area contributed by atoms with Crippen molar-refractivity contribution in [1.82, 2.24) is 4.72 Å². The highest BCUT2D eigenvalue weighted by atomic mass is 32.2. The molecular formula is C11H19NO5S2. The average molecular weight is 309 g/mol. The quantitative estimate of drug-likeness (QED) is 0.617. The molecule has 0 bridgehead atoms. The summed E-state index contributed by atoms with van der Waals surface area (Å²) in [6, 6.07) is 1.47. The molecule has 8 heteroatoms. The maximum atomic E-state index is 11.8. The largest absolute Gasteiger partial charge is 0.391 e. The molecule has 0 atom stereocenters. The molecule has 6 nitrogen and oxygen atoms in total. The highest BCUT2D eigenvalue weighted by Gasteiger charge is 2.15. The summed E-state index contributed by atoms with van der Waals surface area (Å²) >= 11 is 1.22. The van der Waals surface area contributed by atoms with Crippen LogP contribution in [-0.4, -0.2) is 47.0 Å². The van der Waals surface area contributed by atoms with Crippen molar-refractivity contribution in [2.45, 2.75) is 17.9 Å². The molecule has 110 valence electrons. The zero-order valence-corrected chi connectivity index (χ0v) is 12.4. The Morgan fingerprint density at radius 2 is 2.16 bits per heavy atom. The van der Waals surface area contributed by atoms with Gasteiger partial charge in [-0.2, -0.15) is 0 Å². The van der Waals surface area contributed by atoms with E-state index < -0.39 is 10.0 Å². The van der Waals surface area contributed by atoms with E-state index >= 15 is 0 Å². The molecule has 0 saturated heterocycles. The lowest BCUT2D eigenvalue weighted by atomic mass is 10.5. The molecule has 0 aliphatic heterocycles. The van der Waals surface area contributed by atoms with E-state index in [0.717, 1.165) is 0 Å². The molecule has 0 fully saturated rings. The first-order valence-electron chi connectivity index (χ1n) is 5.85. The Balaban J connectivity index is 2.27. The van der Waals surface area contributed by atoms with Crippen molar-refractivity contribution < 1.29 is 23.0 Å². The fraction of sp³-hybridized carbons (Fsp3) is 0.636. The van der Waals surface area contributed by atoms with Gasteiger partial charge in [-0.05, 0) is 12.5 Å². The molecule has 0 aliphatic carbocycles. The van der Waals surface area contributed by atoms with Crippen molar-refractivity contribution in [3.8, 4) is 0 Å². The Kier molecular flexibility index (Phi) is 7.51. The lowest BCUT2D eigenvalue weighted by Gasteiger charge is -2.05. The van der Waals surface area contributed by atoms with E-state index in [-0.39, 0.29) is 11.5 Å². The number of rotatable bonds is 10. The maximum Gasteiger partial charge on any atom is 0.241 e. The molecular weight excluding hydrogens is 290 g/mol. The van der Waals surface area contributed by atoms with Gasteiger partial charge in [0.25, 0.3) is 0 Å². The fourth-order valence-electron chi connectivity index (χ4n) is 1.29. The van der Waals surface area contributed by atoms with Gasteiger partial charge in [-0.3, -0.25) is 0 Å². The lowest BCUT2D eigenvalue weighted by molar-refractivity contribution is 0.0699. The third-order valence-corrected chi connectivity index (χ3v) is 4.80. The smallest absolute Gasteiger partial charge is 0.241 e. The van der Waals surface area contributed by atoms with Gasteiger partial charge in [-0.1, -0.05) is 0 Å². The van der Waals surface area contributed by atoms with Crippen LogP contribution < -0.4 is 4.72 Å². The van der Waals surface area contributed by atoms with Crippen LogP contribution in [0.1, 0.15) is 11.3 Å². The van der Waals surface area contributed by atoms with Crippen molar-refractivity contribution in [2.75, 3.05) is 33.5 Å². The number of ether oxygens (including phenoxy) is 2. The molecule has 2 N–H and O–H groups in total. The van der Waals surface area contributed by atoms with Crippen LogP contribution in [0.15, 0.2) is 16.3 Å². The van der Waals surface area contributed by atoms with Gasteiger partial charge in [-0.25, -0.2) is 13.1 Å². The number of methoxy groups -OCH3 is 1. The van der Waals surface area contributed by atoms with Gasteiger partial charge in [0.1, 0.15) is 0 Å². The Bertz CT molecular complexity index is 457. The zero-order chi connectivity index (χ0) is 14.1. The standard InChI is InChI=1S/C11H19NO5S2/c1-16-5-6-17-4-2-3-12-19(14,15)11-7-10(8-13)18-9-11/h7,9,12-13H,2-6,8H2,1H3. The summed E-state index contributed by atoms with van der Waals surface area (Å²) in [6.45, 7) is 1.70. The lowest BCUT2D eigenvalue weighted by Crippen LogP contribution is -2.25. The van der Waals surface area contributed by atoms with Gasteiger partial charge >= 0.3 is 0 Å². The molecule has 0 saturated carbocycles. The Morgan fingerprint density at radius 1 is 1.37 bits per heavy atom. The van der Waals surface area contributed by atoms with Crippen LogP contribution in [0.3, 0.4) is 0 Å². The normalized spacial score (nSPS) is 11.9. The summed E-state index contributed by atoms with van der Waals surface area (Å²) in [5.41, 5.74) is 0. The minimum atomic E-state index is -3.48. The van der Waals surface area contributed by atoms with Gasteiger partial charge in [0.05, 0.1) is 24.7 Å². The SMILES string of the molecule is COCCOCCCNS(=O)(=O)c1csc(CO)c1. The molecule has 1 rings (SSSR count). The van der Waals surface area contributed by atoms with E-state index in [1.165, 1.54) is 22.8 Å². The molecule has 1 heterocycles. The Hall–Kier alpha value is -0.510. The third-order valence-electron chi connectivity index (χ3n) is 2.29. The molecule has 19 heavy (non-hydrogen) atoms. The van der Waals surface area contributed by atoms with E-state index in [4.69, 9.17) is 14.6 Å². The number of aliphatic hydroxyl groups is 1.